The standard InChI is InChI=1S/C16H20N4O5/c21-16(18-10-1-2-13-14(6-10)25-4-3-24-13)12-7-11(20(22)23)5-9-8-17-19-15(9)12/h1-2,6,9,11-12,15,17,19H,3-5,7-8H2,(H,18,21). The Kier molecular flexibility index (Phi) is 4.18. The van der Waals surface area contributed by atoms with E-state index in [2.05, 4.69) is 16.2 Å². The Hall–Kier alpha value is -2.39. The lowest BCUT2D eigenvalue weighted by Gasteiger charge is -2.33. The van der Waals surface area contributed by atoms with Crippen LogP contribution in [-0.4, -0.2) is 42.7 Å². The summed E-state index contributed by atoms with van der Waals surface area (Å²) in [6.45, 7) is 1.62. The first-order valence-corrected chi connectivity index (χ1v) is 8.44. The fraction of sp³-hybridized carbons (Fsp3) is 0.562. The number of carbonyl (C=O) groups is 1. The molecule has 2 fully saturated rings. The van der Waals surface area contributed by atoms with Crippen LogP contribution in [0.2, 0.25) is 0 Å². The lowest BCUT2D eigenvalue weighted by atomic mass is 9.75. The van der Waals surface area contributed by atoms with Crippen LogP contribution in [0.4, 0.5) is 5.69 Å². The summed E-state index contributed by atoms with van der Waals surface area (Å²) in [4.78, 5) is 23.7. The molecule has 1 aromatic carbocycles. The number of nitrogens with zero attached hydrogens (tertiary/aromatic N) is 1. The number of nitrogens with one attached hydrogen (secondary N) is 3. The maximum atomic E-state index is 12.8. The quantitative estimate of drug-likeness (QED) is 0.539. The predicted octanol–water partition coefficient (Wildman–Crippen LogP) is 0.544. The average molecular weight is 348 g/mol. The summed E-state index contributed by atoms with van der Waals surface area (Å²) in [6, 6.07) is 4.45. The van der Waals surface area contributed by atoms with Gasteiger partial charge in [-0.25, -0.2) is 0 Å². The maximum absolute atomic E-state index is 12.8. The number of ether oxygens (including phenoxy) is 2. The van der Waals surface area contributed by atoms with Gasteiger partial charge in [0.25, 0.3) is 0 Å². The van der Waals surface area contributed by atoms with Crippen LogP contribution < -0.4 is 25.6 Å². The van der Waals surface area contributed by atoms with E-state index in [4.69, 9.17) is 9.47 Å². The fourth-order valence-corrected chi connectivity index (χ4v) is 3.90. The van der Waals surface area contributed by atoms with E-state index in [0.29, 0.717) is 43.4 Å². The Bertz CT molecular complexity index is 697. The third-order valence-corrected chi connectivity index (χ3v) is 5.12. The first-order chi connectivity index (χ1) is 12.1. The Morgan fingerprint density at radius 3 is 2.84 bits per heavy atom. The second kappa shape index (κ2) is 6.49. The van der Waals surface area contributed by atoms with Gasteiger partial charge in [-0.05, 0) is 18.1 Å². The highest BCUT2D eigenvalue weighted by Crippen LogP contribution is 2.35. The second-order valence-electron chi connectivity index (χ2n) is 6.68. The van der Waals surface area contributed by atoms with Crippen molar-refractivity contribution in [3.05, 3.63) is 28.3 Å². The molecular formula is C16H20N4O5. The number of fused-ring (bicyclic) bond motifs is 2. The molecule has 0 aromatic heterocycles. The first kappa shape index (κ1) is 16.1. The van der Waals surface area contributed by atoms with E-state index in [1.165, 1.54) is 0 Å². The minimum Gasteiger partial charge on any atom is -0.486 e. The molecule has 9 heteroatoms. The largest absolute Gasteiger partial charge is 0.486 e. The zero-order valence-electron chi connectivity index (χ0n) is 13.6. The number of benzene rings is 1. The summed E-state index contributed by atoms with van der Waals surface area (Å²) < 4.78 is 11.0. The number of amides is 1. The molecule has 3 aliphatic rings. The Labute approximate surface area is 144 Å². The fourth-order valence-electron chi connectivity index (χ4n) is 3.90. The highest BCUT2D eigenvalue weighted by atomic mass is 16.6. The van der Waals surface area contributed by atoms with Crippen molar-refractivity contribution < 1.29 is 19.2 Å². The molecule has 0 radical (unpaired) electrons. The summed E-state index contributed by atoms with van der Waals surface area (Å²) in [5, 5.41) is 14.1. The summed E-state index contributed by atoms with van der Waals surface area (Å²) in [5.41, 5.74) is 6.73. The van der Waals surface area contributed by atoms with Crippen molar-refractivity contribution >= 4 is 11.6 Å². The van der Waals surface area contributed by atoms with Crippen molar-refractivity contribution in [1.82, 2.24) is 10.9 Å². The van der Waals surface area contributed by atoms with Crippen LogP contribution in [0.1, 0.15) is 12.8 Å². The minimum absolute atomic E-state index is 0.0835. The van der Waals surface area contributed by atoms with Crippen molar-refractivity contribution in [1.29, 1.82) is 0 Å². The van der Waals surface area contributed by atoms with Crippen LogP contribution in [0.15, 0.2) is 18.2 Å². The van der Waals surface area contributed by atoms with Crippen molar-refractivity contribution in [3.8, 4) is 11.5 Å². The molecule has 1 aromatic rings. The zero-order chi connectivity index (χ0) is 17.4. The number of carbonyl (C=O) groups excluding carboxylic acids is 1. The van der Waals surface area contributed by atoms with Gasteiger partial charge in [0.2, 0.25) is 11.9 Å². The van der Waals surface area contributed by atoms with Gasteiger partial charge in [0.15, 0.2) is 11.5 Å². The van der Waals surface area contributed by atoms with Crippen LogP contribution in [0.3, 0.4) is 0 Å². The van der Waals surface area contributed by atoms with Gasteiger partial charge in [-0.2, -0.15) is 0 Å². The first-order valence-electron chi connectivity index (χ1n) is 8.44. The highest BCUT2D eigenvalue weighted by Gasteiger charge is 2.47. The van der Waals surface area contributed by atoms with E-state index >= 15 is 0 Å². The zero-order valence-corrected chi connectivity index (χ0v) is 13.6. The number of nitro groups is 1. The predicted molar refractivity (Wildman–Crippen MR) is 88.0 cm³/mol. The van der Waals surface area contributed by atoms with Crippen molar-refractivity contribution in [3.63, 3.8) is 0 Å². The summed E-state index contributed by atoms with van der Waals surface area (Å²) >= 11 is 0. The van der Waals surface area contributed by atoms with Gasteiger partial charge >= 0.3 is 0 Å². The molecule has 9 nitrogen and oxygen atoms in total. The molecule has 3 N–H and O–H groups in total. The van der Waals surface area contributed by atoms with Crippen LogP contribution in [0.5, 0.6) is 11.5 Å². The van der Waals surface area contributed by atoms with Crippen molar-refractivity contribution in [2.24, 2.45) is 11.8 Å². The molecule has 1 saturated heterocycles. The monoisotopic (exact) mass is 348 g/mol. The van der Waals surface area contributed by atoms with Gasteiger partial charge in [0.1, 0.15) is 13.2 Å². The van der Waals surface area contributed by atoms with Crippen LogP contribution in [0, 0.1) is 22.0 Å². The highest BCUT2D eigenvalue weighted by molar-refractivity contribution is 5.93. The molecule has 2 heterocycles. The molecule has 4 atom stereocenters. The van der Waals surface area contributed by atoms with E-state index in [0.717, 1.165) is 0 Å². The molecule has 1 aliphatic carbocycles. The molecule has 0 spiro atoms. The van der Waals surface area contributed by atoms with Crippen LogP contribution in [0.25, 0.3) is 0 Å². The lowest BCUT2D eigenvalue weighted by Crippen LogP contribution is -2.50. The summed E-state index contributed by atoms with van der Waals surface area (Å²) in [6.07, 6.45) is 0.727. The van der Waals surface area contributed by atoms with E-state index in [9.17, 15) is 14.9 Å². The Balaban J connectivity index is 1.50. The Morgan fingerprint density at radius 2 is 2.04 bits per heavy atom. The number of anilines is 1. The molecule has 4 rings (SSSR count). The Morgan fingerprint density at radius 1 is 1.24 bits per heavy atom. The minimum atomic E-state index is -0.682. The molecule has 1 saturated carbocycles. The van der Waals surface area contributed by atoms with Crippen molar-refractivity contribution in [2.75, 3.05) is 25.1 Å². The number of rotatable bonds is 3. The molecule has 0 bridgehead atoms. The van der Waals surface area contributed by atoms with E-state index in [1.807, 2.05) is 0 Å². The number of hydrogen-bond donors (Lipinski definition) is 3. The van der Waals surface area contributed by atoms with Crippen LogP contribution in [-0.2, 0) is 4.79 Å². The van der Waals surface area contributed by atoms with Gasteiger partial charge in [-0.15, -0.1) is 0 Å². The van der Waals surface area contributed by atoms with E-state index in [1.54, 1.807) is 18.2 Å². The normalized spacial score (nSPS) is 30.4. The topological polar surface area (TPSA) is 115 Å². The van der Waals surface area contributed by atoms with E-state index in [-0.39, 0.29) is 29.2 Å². The summed E-state index contributed by atoms with van der Waals surface area (Å²) in [7, 11) is 0. The van der Waals surface area contributed by atoms with Gasteiger partial charge in [0.05, 0.1) is 5.92 Å². The van der Waals surface area contributed by atoms with E-state index < -0.39 is 12.0 Å². The molecule has 134 valence electrons. The maximum Gasteiger partial charge on any atom is 0.229 e. The molecule has 1 amide bonds. The average Bonchev–Trinajstić information content (AvgIpc) is 3.09. The second-order valence-corrected chi connectivity index (χ2v) is 6.68. The summed E-state index contributed by atoms with van der Waals surface area (Å²) in [5.74, 6) is 0.651. The SMILES string of the molecule is O=C(Nc1ccc2c(c1)OCCO2)C1CC([N+](=O)[O-])CC2CNNC21. The van der Waals surface area contributed by atoms with Crippen LogP contribution >= 0.6 is 0 Å². The van der Waals surface area contributed by atoms with Gasteiger partial charge in [-0.1, -0.05) is 0 Å². The molecular weight excluding hydrogens is 328 g/mol. The molecule has 4 unspecified atom stereocenters. The van der Waals surface area contributed by atoms with Gasteiger partial charge < -0.3 is 14.8 Å². The smallest absolute Gasteiger partial charge is 0.229 e. The van der Waals surface area contributed by atoms with Crippen molar-refractivity contribution in [2.45, 2.75) is 24.9 Å². The molecule has 2 aliphatic heterocycles. The number of hydrazine groups is 1. The number of hydrogen-bond acceptors (Lipinski definition) is 7. The lowest BCUT2D eigenvalue weighted by molar-refractivity contribution is -0.529. The molecule has 25 heavy (non-hydrogen) atoms. The van der Waals surface area contributed by atoms with Gasteiger partial charge in [0, 0.05) is 42.1 Å². The third-order valence-electron chi connectivity index (χ3n) is 5.12. The third kappa shape index (κ3) is 3.12. The van der Waals surface area contributed by atoms with Gasteiger partial charge in [-0.3, -0.25) is 25.8 Å².